The Hall–Kier alpha value is -3.62. The smallest absolute Gasteiger partial charge is 0.321 e. The second-order valence-corrected chi connectivity index (χ2v) is 6.85. The summed E-state index contributed by atoms with van der Waals surface area (Å²) >= 11 is 0. The molecule has 0 unspecified atom stereocenters. The number of imidazole rings is 1. The Morgan fingerprint density at radius 1 is 1.17 bits per heavy atom. The number of rotatable bonds is 7. The summed E-state index contributed by atoms with van der Waals surface area (Å²) in [5, 5.41) is 9.41. The number of hydrogen-bond donors (Lipinski definition) is 4. The minimum absolute atomic E-state index is 0.0561. The van der Waals surface area contributed by atoms with Gasteiger partial charge in [-0.05, 0) is 37.1 Å². The molecule has 1 aliphatic heterocycles. The first-order valence-corrected chi connectivity index (χ1v) is 9.73. The maximum absolute atomic E-state index is 12.3. The van der Waals surface area contributed by atoms with Crippen LogP contribution in [0, 0.1) is 0 Å². The van der Waals surface area contributed by atoms with E-state index in [0.717, 1.165) is 61.8 Å². The number of H-pyrrole nitrogens is 1. The molecule has 0 radical (unpaired) electrons. The fourth-order valence-corrected chi connectivity index (χ4v) is 3.19. The van der Waals surface area contributed by atoms with Crippen LogP contribution in [0.1, 0.15) is 18.5 Å². The number of carbonyl (C=O) groups is 1. The van der Waals surface area contributed by atoms with Crippen molar-refractivity contribution in [3.05, 3.63) is 54.7 Å². The van der Waals surface area contributed by atoms with Crippen LogP contribution in [0.5, 0.6) is 0 Å². The summed E-state index contributed by atoms with van der Waals surface area (Å²) in [6.45, 7) is 2.37. The predicted octanol–water partition coefficient (Wildman–Crippen LogP) is 3.23. The number of anilines is 4. The number of benzene rings is 1. The zero-order valence-corrected chi connectivity index (χ0v) is 16.1. The first kappa shape index (κ1) is 18.7. The molecule has 1 aliphatic rings. The van der Waals surface area contributed by atoms with Crippen molar-refractivity contribution in [1.82, 2.24) is 24.8 Å². The lowest BCUT2D eigenvalue weighted by Gasteiger charge is -2.16. The van der Waals surface area contributed by atoms with Crippen LogP contribution in [0.25, 0.3) is 0 Å². The molecule has 150 valence electrons. The number of nitrogens with zero attached hydrogens (tertiary/aromatic N) is 4. The molecule has 1 fully saturated rings. The van der Waals surface area contributed by atoms with Crippen molar-refractivity contribution >= 4 is 29.2 Å². The number of amides is 2. The largest absolute Gasteiger partial charge is 0.370 e. The summed E-state index contributed by atoms with van der Waals surface area (Å²) < 4.78 is 0. The Morgan fingerprint density at radius 3 is 2.86 bits per heavy atom. The highest BCUT2D eigenvalue weighted by molar-refractivity contribution is 5.90. The van der Waals surface area contributed by atoms with Gasteiger partial charge in [0, 0.05) is 55.5 Å². The Morgan fingerprint density at radius 2 is 2.03 bits per heavy atom. The Labute approximate surface area is 169 Å². The monoisotopic (exact) mass is 392 g/mol. The van der Waals surface area contributed by atoms with Crippen LogP contribution in [0.15, 0.2) is 49.1 Å². The maximum atomic E-state index is 12.3. The molecule has 2 amide bonds. The second-order valence-electron chi connectivity index (χ2n) is 6.85. The lowest BCUT2D eigenvalue weighted by atomic mass is 10.3. The third kappa shape index (κ3) is 5.22. The standard InChI is InChI=1S/C20H24N8O/c29-20(28-10-1-2-11-28)26-16-5-3-4-15(12-16)25-19-23-9-7-18(27-19)22-8-6-17-13-21-14-24-17/h3-5,7,9,12-14H,1-2,6,8,10-11H2,(H,21,24)(H,26,29)(H2,22,23,25,27). The van der Waals surface area contributed by atoms with Crippen molar-refractivity contribution in [3.63, 3.8) is 0 Å². The number of carbonyl (C=O) groups excluding carboxylic acids is 1. The molecule has 29 heavy (non-hydrogen) atoms. The van der Waals surface area contributed by atoms with E-state index in [4.69, 9.17) is 0 Å². The van der Waals surface area contributed by atoms with Crippen LogP contribution in [0.3, 0.4) is 0 Å². The molecule has 9 heteroatoms. The zero-order chi connectivity index (χ0) is 19.9. The van der Waals surface area contributed by atoms with Gasteiger partial charge >= 0.3 is 6.03 Å². The van der Waals surface area contributed by atoms with Gasteiger partial charge in [-0.15, -0.1) is 0 Å². The molecule has 0 atom stereocenters. The quantitative estimate of drug-likeness (QED) is 0.491. The first-order chi connectivity index (χ1) is 14.3. The number of urea groups is 1. The summed E-state index contributed by atoms with van der Waals surface area (Å²) in [6, 6.07) is 9.30. The van der Waals surface area contributed by atoms with E-state index >= 15 is 0 Å². The number of aromatic amines is 1. The molecule has 1 saturated heterocycles. The summed E-state index contributed by atoms with van der Waals surface area (Å²) in [4.78, 5) is 29.9. The topological polar surface area (TPSA) is 111 Å². The van der Waals surface area contributed by atoms with E-state index in [-0.39, 0.29) is 6.03 Å². The van der Waals surface area contributed by atoms with Gasteiger partial charge in [-0.2, -0.15) is 4.98 Å². The molecule has 4 rings (SSSR count). The van der Waals surface area contributed by atoms with Gasteiger partial charge in [0.1, 0.15) is 5.82 Å². The van der Waals surface area contributed by atoms with Crippen LogP contribution >= 0.6 is 0 Å². The molecular formula is C20H24N8O. The molecule has 3 aromatic rings. The van der Waals surface area contributed by atoms with Gasteiger partial charge < -0.3 is 25.8 Å². The fraction of sp³-hybridized carbons (Fsp3) is 0.300. The molecule has 0 spiro atoms. The van der Waals surface area contributed by atoms with Gasteiger partial charge in [0.2, 0.25) is 5.95 Å². The third-order valence-electron chi connectivity index (χ3n) is 4.67. The van der Waals surface area contributed by atoms with Gasteiger partial charge in [0.25, 0.3) is 0 Å². The van der Waals surface area contributed by atoms with Crippen molar-refractivity contribution in [1.29, 1.82) is 0 Å². The lowest BCUT2D eigenvalue weighted by Crippen LogP contribution is -2.32. The zero-order valence-electron chi connectivity index (χ0n) is 16.1. The van der Waals surface area contributed by atoms with Crippen LogP contribution in [-0.2, 0) is 6.42 Å². The van der Waals surface area contributed by atoms with Gasteiger partial charge in [-0.1, -0.05) is 6.07 Å². The van der Waals surface area contributed by atoms with Crippen LogP contribution in [0.4, 0.5) is 27.9 Å². The third-order valence-corrected chi connectivity index (χ3v) is 4.67. The van der Waals surface area contributed by atoms with Crippen LogP contribution < -0.4 is 16.0 Å². The van der Waals surface area contributed by atoms with Crippen molar-refractivity contribution in [2.45, 2.75) is 19.3 Å². The number of nitrogens with one attached hydrogen (secondary N) is 4. The predicted molar refractivity (Wildman–Crippen MR) is 112 cm³/mol. The lowest BCUT2D eigenvalue weighted by molar-refractivity contribution is 0.222. The summed E-state index contributed by atoms with van der Waals surface area (Å²) in [6.07, 6.45) is 8.14. The number of aromatic nitrogens is 4. The minimum atomic E-state index is -0.0561. The minimum Gasteiger partial charge on any atom is -0.370 e. The molecule has 0 saturated carbocycles. The highest BCUT2D eigenvalue weighted by atomic mass is 16.2. The Kier molecular flexibility index (Phi) is 5.84. The molecule has 2 aromatic heterocycles. The van der Waals surface area contributed by atoms with E-state index in [1.165, 1.54) is 0 Å². The summed E-state index contributed by atoms with van der Waals surface area (Å²) in [7, 11) is 0. The first-order valence-electron chi connectivity index (χ1n) is 9.73. The van der Waals surface area contributed by atoms with Crippen molar-refractivity contribution in [3.8, 4) is 0 Å². The molecule has 9 nitrogen and oxygen atoms in total. The number of hydrogen-bond acceptors (Lipinski definition) is 6. The van der Waals surface area contributed by atoms with Crippen LogP contribution in [0.2, 0.25) is 0 Å². The van der Waals surface area contributed by atoms with Gasteiger partial charge in [-0.3, -0.25) is 0 Å². The average molecular weight is 392 g/mol. The second kappa shape index (κ2) is 9.05. The normalized spacial score (nSPS) is 13.3. The average Bonchev–Trinajstić information content (AvgIpc) is 3.43. The molecule has 4 N–H and O–H groups in total. The molecular weight excluding hydrogens is 368 g/mol. The highest BCUT2D eigenvalue weighted by Gasteiger charge is 2.17. The van der Waals surface area contributed by atoms with E-state index < -0.39 is 0 Å². The molecule has 0 aliphatic carbocycles. The SMILES string of the molecule is O=C(Nc1cccc(Nc2nccc(NCCc3cnc[nH]3)n2)c1)N1CCCC1. The van der Waals surface area contributed by atoms with Gasteiger partial charge in [0.15, 0.2) is 0 Å². The van der Waals surface area contributed by atoms with E-state index in [1.807, 2.05) is 41.4 Å². The Bertz CT molecular complexity index is 937. The molecule has 3 heterocycles. The van der Waals surface area contributed by atoms with Crippen LogP contribution in [-0.4, -0.2) is 50.5 Å². The van der Waals surface area contributed by atoms with Gasteiger partial charge in [0.05, 0.1) is 6.33 Å². The highest BCUT2D eigenvalue weighted by Crippen LogP contribution is 2.20. The van der Waals surface area contributed by atoms with Gasteiger partial charge in [-0.25, -0.2) is 14.8 Å². The van der Waals surface area contributed by atoms with E-state index in [2.05, 4.69) is 35.9 Å². The fourth-order valence-electron chi connectivity index (χ4n) is 3.19. The van der Waals surface area contributed by atoms with Crippen molar-refractivity contribution < 1.29 is 4.79 Å². The molecule has 1 aromatic carbocycles. The van der Waals surface area contributed by atoms with Crippen molar-refractivity contribution in [2.24, 2.45) is 0 Å². The molecule has 0 bridgehead atoms. The summed E-state index contributed by atoms with van der Waals surface area (Å²) in [5.41, 5.74) is 2.61. The van der Waals surface area contributed by atoms with E-state index in [1.54, 1.807) is 12.5 Å². The maximum Gasteiger partial charge on any atom is 0.321 e. The Balaban J connectivity index is 1.34. The van der Waals surface area contributed by atoms with E-state index in [9.17, 15) is 4.79 Å². The summed E-state index contributed by atoms with van der Waals surface area (Å²) in [5.74, 6) is 1.22. The van der Waals surface area contributed by atoms with E-state index in [0.29, 0.717) is 5.95 Å². The number of likely N-dealkylation sites (tertiary alicyclic amines) is 1. The van der Waals surface area contributed by atoms with Crippen molar-refractivity contribution in [2.75, 3.05) is 35.6 Å².